The molecule has 0 bridgehead atoms. The van der Waals surface area contributed by atoms with Crippen LogP contribution in [0.2, 0.25) is 0 Å². The Morgan fingerprint density at radius 3 is 2.19 bits per heavy atom. The van der Waals surface area contributed by atoms with Gasteiger partial charge >= 0.3 is 0 Å². The minimum absolute atomic E-state index is 0.0614. The molecule has 3 rings (SSSR count). The van der Waals surface area contributed by atoms with Crippen LogP contribution in [0.4, 0.5) is 0 Å². The second-order valence-corrected chi connectivity index (χ2v) is 6.23. The summed E-state index contributed by atoms with van der Waals surface area (Å²) in [6.07, 6.45) is 0.174. The Bertz CT molecular complexity index is 854. The summed E-state index contributed by atoms with van der Waals surface area (Å²) in [5.41, 5.74) is 1.99. The Balaban J connectivity index is 1.81. The number of Topliss-reactive ketones (excluding diaryl/α,β-unsaturated/α-hetero) is 2. The first-order valence-corrected chi connectivity index (χ1v) is 8.72. The normalized spacial score (nSPS) is 12.4. The smallest absolute Gasteiger partial charge is 0.208 e. The standard InChI is InChI=1S/C21H22O6/c1-13-4-6-14(7-5-13)16(22)8-9-17(23)15-12-18(24-2)20-21(19(15)25-3)27-11-10-26-20/h4-7,12H,8-11H2,1-3H3. The van der Waals surface area contributed by atoms with Crippen molar-refractivity contribution in [2.75, 3.05) is 27.4 Å². The number of carbonyl (C=O) groups is 2. The van der Waals surface area contributed by atoms with Crippen molar-refractivity contribution in [3.8, 4) is 23.0 Å². The molecule has 0 fully saturated rings. The second-order valence-electron chi connectivity index (χ2n) is 6.23. The summed E-state index contributed by atoms with van der Waals surface area (Å²) < 4.78 is 22.0. The first-order chi connectivity index (χ1) is 13.0. The van der Waals surface area contributed by atoms with Crippen LogP contribution in [0.1, 0.15) is 39.1 Å². The first-order valence-electron chi connectivity index (χ1n) is 8.72. The molecule has 0 N–H and O–H groups in total. The van der Waals surface area contributed by atoms with Crippen molar-refractivity contribution >= 4 is 11.6 Å². The van der Waals surface area contributed by atoms with E-state index in [1.165, 1.54) is 14.2 Å². The fourth-order valence-corrected chi connectivity index (χ4v) is 2.96. The topological polar surface area (TPSA) is 71.1 Å². The number of aryl methyl sites for hydroxylation is 1. The molecule has 2 aromatic carbocycles. The van der Waals surface area contributed by atoms with Gasteiger partial charge in [-0.3, -0.25) is 9.59 Å². The van der Waals surface area contributed by atoms with Gasteiger partial charge in [0.25, 0.3) is 0 Å². The first kappa shape index (κ1) is 18.8. The Morgan fingerprint density at radius 2 is 1.56 bits per heavy atom. The molecule has 0 amide bonds. The van der Waals surface area contributed by atoms with E-state index in [4.69, 9.17) is 18.9 Å². The summed E-state index contributed by atoms with van der Waals surface area (Å²) in [6.45, 7) is 2.71. The Kier molecular flexibility index (Phi) is 5.64. The van der Waals surface area contributed by atoms with Crippen molar-refractivity contribution < 1.29 is 28.5 Å². The van der Waals surface area contributed by atoms with E-state index in [9.17, 15) is 9.59 Å². The molecular weight excluding hydrogens is 348 g/mol. The van der Waals surface area contributed by atoms with E-state index in [0.29, 0.717) is 47.3 Å². The second kappa shape index (κ2) is 8.12. The average molecular weight is 370 g/mol. The maximum absolute atomic E-state index is 12.8. The summed E-state index contributed by atoms with van der Waals surface area (Å²) in [5.74, 6) is 1.19. The molecule has 142 valence electrons. The maximum Gasteiger partial charge on any atom is 0.208 e. The maximum atomic E-state index is 12.8. The zero-order valence-corrected chi connectivity index (χ0v) is 15.7. The molecule has 0 saturated heterocycles. The lowest BCUT2D eigenvalue weighted by Gasteiger charge is -2.24. The van der Waals surface area contributed by atoms with Crippen LogP contribution in [0.25, 0.3) is 0 Å². The number of ether oxygens (including phenoxy) is 4. The van der Waals surface area contributed by atoms with E-state index < -0.39 is 0 Å². The Labute approximate surface area is 158 Å². The molecule has 0 spiro atoms. The molecule has 1 aliphatic rings. The van der Waals surface area contributed by atoms with Gasteiger partial charge in [-0.2, -0.15) is 0 Å². The van der Waals surface area contributed by atoms with Crippen LogP contribution in [0, 0.1) is 6.92 Å². The highest BCUT2D eigenvalue weighted by Crippen LogP contribution is 2.48. The lowest BCUT2D eigenvalue weighted by molar-refractivity contribution is 0.0914. The third kappa shape index (κ3) is 3.89. The van der Waals surface area contributed by atoms with E-state index >= 15 is 0 Å². The van der Waals surface area contributed by atoms with Gasteiger partial charge < -0.3 is 18.9 Å². The van der Waals surface area contributed by atoms with E-state index in [2.05, 4.69) is 0 Å². The molecule has 0 radical (unpaired) electrons. The minimum atomic E-state index is -0.220. The lowest BCUT2D eigenvalue weighted by atomic mass is 9.99. The third-order valence-electron chi connectivity index (χ3n) is 4.41. The van der Waals surface area contributed by atoms with Crippen LogP contribution in [0.3, 0.4) is 0 Å². The summed E-state index contributed by atoms with van der Waals surface area (Å²) in [4.78, 5) is 25.1. The summed E-state index contributed by atoms with van der Waals surface area (Å²) in [7, 11) is 2.96. The van der Waals surface area contributed by atoms with Gasteiger partial charge in [-0.1, -0.05) is 29.8 Å². The molecule has 1 aliphatic heterocycles. The van der Waals surface area contributed by atoms with Gasteiger partial charge in [0, 0.05) is 18.4 Å². The average Bonchev–Trinajstić information content (AvgIpc) is 2.70. The number of hydrogen-bond acceptors (Lipinski definition) is 6. The summed E-state index contributed by atoms with van der Waals surface area (Å²) in [6, 6.07) is 8.88. The van der Waals surface area contributed by atoms with Gasteiger partial charge in [0.15, 0.2) is 23.1 Å². The van der Waals surface area contributed by atoms with Crippen molar-refractivity contribution in [2.45, 2.75) is 19.8 Å². The number of ketones is 2. The minimum Gasteiger partial charge on any atom is -0.493 e. The van der Waals surface area contributed by atoms with Crippen molar-refractivity contribution in [1.29, 1.82) is 0 Å². The number of rotatable bonds is 7. The number of carbonyl (C=O) groups excluding carboxylic acids is 2. The highest BCUT2D eigenvalue weighted by molar-refractivity contribution is 6.04. The molecule has 0 atom stereocenters. The lowest BCUT2D eigenvalue weighted by Crippen LogP contribution is -2.18. The Morgan fingerprint density at radius 1 is 0.926 bits per heavy atom. The summed E-state index contributed by atoms with van der Waals surface area (Å²) in [5, 5.41) is 0. The van der Waals surface area contributed by atoms with Gasteiger partial charge in [-0.05, 0) is 13.0 Å². The fraction of sp³-hybridized carbons (Fsp3) is 0.333. The predicted molar refractivity (Wildman–Crippen MR) is 99.6 cm³/mol. The van der Waals surface area contributed by atoms with Gasteiger partial charge in [0.1, 0.15) is 13.2 Å². The van der Waals surface area contributed by atoms with E-state index in [-0.39, 0.29) is 24.4 Å². The highest BCUT2D eigenvalue weighted by Gasteiger charge is 2.28. The number of methoxy groups -OCH3 is 2. The van der Waals surface area contributed by atoms with Crippen LogP contribution >= 0.6 is 0 Å². The van der Waals surface area contributed by atoms with Crippen LogP contribution in [0.5, 0.6) is 23.0 Å². The Hall–Kier alpha value is -3.02. The number of fused-ring (bicyclic) bond motifs is 1. The molecule has 2 aromatic rings. The largest absolute Gasteiger partial charge is 0.493 e. The van der Waals surface area contributed by atoms with Crippen molar-refractivity contribution in [1.82, 2.24) is 0 Å². The molecule has 1 heterocycles. The summed E-state index contributed by atoms with van der Waals surface area (Å²) >= 11 is 0. The molecule has 6 nitrogen and oxygen atoms in total. The van der Waals surface area contributed by atoms with Crippen LogP contribution in [-0.4, -0.2) is 39.0 Å². The number of hydrogen-bond donors (Lipinski definition) is 0. The predicted octanol–water partition coefficient (Wildman–Crippen LogP) is 3.63. The van der Waals surface area contributed by atoms with Crippen LogP contribution < -0.4 is 18.9 Å². The monoisotopic (exact) mass is 370 g/mol. The van der Waals surface area contributed by atoms with Crippen molar-refractivity contribution in [3.63, 3.8) is 0 Å². The van der Waals surface area contributed by atoms with Crippen LogP contribution in [-0.2, 0) is 0 Å². The molecule has 6 heteroatoms. The zero-order valence-electron chi connectivity index (χ0n) is 15.7. The molecule has 27 heavy (non-hydrogen) atoms. The number of benzene rings is 2. The van der Waals surface area contributed by atoms with Gasteiger partial charge in [-0.15, -0.1) is 0 Å². The van der Waals surface area contributed by atoms with Gasteiger partial charge in [0.05, 0.1) is 19.8 Å². The van der Waals surface area contributed by atoms with Crippen LogP contribution in [0.15, 0.2) is 30.3 Å². The van der Waals surface area contributed by atoms with Gasteiger partial charge in [-0.25, -0.2) is 0 Å². The van der Waals surface area contributed by atoms with Crippen molar-refractivity contribution in [2.24, 2.45) is 0 Å². The SMILES string of the molecule is COc1cc(C(=O)CCC(=O)c2ccc(C)cc2)c(OC)c2c1OCCO2. The van der Waals surface area contributed by atoms with E-state index in [1.807, 2.05) is 19.1 Å². The van der Waals surface area contributed by atoms with E-state index in [1.54, 1.807) is 18.2 Å². The quantitative estimate of drug-likeness (QED) is 0.693. The van der Waals surface area contributed by atoms with Gasteiger partial charge in [0.2, 0.25) is 11.5 Å². The molecular formula is C21H22O6. The molecule has 0 aromatic heterocycles. The highest BCUT2D eigenvalue weighted by atomic mass is 16.6. The molecule has 0 aliphatic carbocycles. The molecule has 0 saturated carbocycles. The molecule has 0 unspecified atom stereocenters. The zero-order chi connectivity index (χ0) is 19.4. The fourth-order valence-electron chi connectivity index (χ4n) is 2.96. The van der Waals surface area contributed by atoms with Crippen molar-refractivity contribution in [3.05, 3.63) is 47.0 Å². The van der Waals surface area contributed by atoms with E-state index in [0.717, 1.165) is 5.56 Å². The third-order valence-corrected chi connectivity index (χ3v) is 4.41.